The van der Waals surface area contributed by atoms with Crippen molar-refractivity contribution in [3.63, 3.8) is 0 Å². The molecule has 0 unspecified atom stereocenters. The van der Waals surface area contributed by atoms with E-state index in [0.29, 0.717) is 17.0 Å². The summed E-state index contributed by atoms with van der Waals surface area (Å²) in [4.78, 5) is 13.0. The lowest BCUT2D eigenvalue weighted by atomic mass is 9.87. The van der Waals surface area contributed by atoms with Crippen molar-refractivity contribution < 1.29 is 17.9 Å². The molecule has 0 saturated heterocycles. The highest BCUT2D eigenvalue weighted by Gasteiger charge is 2.24. The largest absolute Gasteiger partial charge is 0.496 e. The molecule has 0 radical (unpaired) electrons. The van der Waals surface area contributed by atoms with Crippen LogP contribution in [0.1, 0.15) is 40.4 Å². The number of hydrogen-bond acceptors (Lipinski definition) is 4. The van der Waals surface area contributed by atoms with E-state index in [4.69, 9.17) is 4.74 Å². The van der Waals surface area contributed by atoms with Crippen LogP contribution in [0.2, 0.25) is 0 Å². The summed E-state index contributed by atoms with van der Waals surface area (Å²) in [5, 5.41) is 3.08. The second kappa shape index (κ2) is 7.60. The van der Waals surface area contributed by atoms with Gasteiger partial charge in [0.25, 0.3) is 5.91 Å². The molecule has 3 rings (SSSR count). The summed E-state index contributed by atoms with van der Waals surface area (Å²) in [5.74, 6) is 0.125. The number of sulfonamides is 1. The minimum atomic E-state index is -3.42. The summed E-state index contributed by atoms with van der Waals surface area (Å²) in [6.45, 7) is 0. The third-order valence-electron chi connectivity index (χ3n) is 4.96. The van der Waals surface area contributed by atoms with E-state index in [0.717, 1.165) is 35.4 Å². The minimum Gasteiger partial charge on any atom is -0.496 e. The average Bonchev–Trinajstić information content (AvgIpc) is 2.66. The zero-order valence-electron chi connectivity index (χ0n) is 15.7. The number of methoxy groups -OCH3 is 1. The number of carbonyl (C=O) groups excluding carboxylic acids is 1. The van der Waals surface area contributed by atoms with Crippen molar-refractivity contribution in [2.24, 2.45) is 0 Å². The first-order valence-electron chi connectivity index (χ1n) is 8.82. The van der Waals surface area contributed by atoms with Crippen LogP contribution in [0.15, 0.2) is 42.5 Å². The summed E-state index contributed by atoms with van der Waals surface area (Å²) in [6, 6.07) is 12.8. The van der Waals surface area contributed by atoms with Crippen LogP contribution in [0.4, 0.5) is 5.69 Å². The van der Waals surface area contributed by atoms with Gasteiger partial charge in [-0.05, 0) is 48.6 Å². The number of carbonyl (C=O) groups is 1. The zero-order chi connectivity index (χ0) is 19.6. The van der Waals surface area contributed by atoms with Crippen LogP contribution in [-0.2, 0) is 16.4 Å². The van der Waals surface area contributed by atoms with Crippen molar-refractivity contribution in [2.45, 2.75) is 25.3 Å². The summed E-state index contributed by atoms with van der Waals surface area (Å²) in [5.41, 5.74) is 3.12. The molecule has 6 nitrogen and oxygen atoms in total. The molecule has 1 amide bonds. The molecular weight excluding hydrogens is 364 g/mol. The zero-order valence-corrected chi connectivity index (χ0v) is 16.5. The Morgan fingerprint density at radius 2 is 1.96 bits per heavy atom. The smallest absolute Gasteiger partial charge is 0.255 e. The van der Waals surface area contributed by atoms with Crippen molar-refractivity contribution in [1.29, 1.82) is 0 Å². The van der Waals surface area contributed by atoms with Gasteiger partial charge in [0, 0.05) is 7.05 Å². The lowest BCUT2D eigenvalue weighted by Crippen LogP contribution is -2.31. The second-order valence-electron chi connectivity index (χ2n) is 6.73. The summed E-state index contributed by atoms with van der Waals surface area (Å²) >= 11 is 0. The van der Waals surface area contributed by atoms with Crippen molar-refractivity contribution in [3.05, 3.63) is 59.2 Å². The number of ether oxygens (including phenoxy) is 1. The maximum atomic E-state index is 13.0. The summed E-state index contributed by atoms with van der Waals surface area (Å²) in [7, 11) is -0.482. The highest BCUT2D eigenvalue weighted by molar-refractivity contribution is 7.92. The number of nitrogens with zero attached hydrogens (tertiary/aromatic N) is 1. The molecule has 2 aromatic carbocycles. The molecule has 1 aliphatic rings. The Balaban J connectivity index is 1.90. The number of nitrogens with one attached hydrogen (secondary N) is 1. The average molecular weight is 388 g/mol. The van der Waals surface area contributed by atoms with Crippen molar-refractivity contribution in [1.82, 2.24) is 5.32 Å². The van der Waals surface area contributed by atoms with Crippen molar-refractivity contribution in [2.75, 3.05) is 24.7 Å². The number of rotatable bonds is 5. The maximum absolute atomic E-state index is 13.0. The number of anilines is 1. The van der Waals surface area contributed by atoms with Gasteiger partial charge in [-0.2, -0.15) is 0 Å². The Bertz CT molecular complexity index is 956. The van der Waals surface area contributed by atoms with E-state index in [1.165, 1.54) is 19.7 Å². The van der Waals surface area contributed by atoms with Gasteiger partial charge in [-0.25, -0.2) is 8.42 Å². The quantitative estimate of drug-likeness (QED) is 0.855. The van der Waals surface area contributed by atoms with Crippen LogP contribution in [0.5, 0.6) is 5.75 Å². The molecule has 1 atom stereocenters. The minimum absolute atomic E-state index is 0.0663. The van der Waals surface area contributed by atoms with Crippen LogP contribution in [0, 0.1) is 0 Å². The first-order valence-corrected chi connectivity index (χ1v) is 10.7. The van der Waals surface area contributed by atoms with E-state index in [1.807, 2.05) is 18.2 Å². The number of amides is 1. The molecule has 1 aliphatic carbocycles. The lowest BCUT2D eigenvalue weighted by molar-refractivity contribution is 0.0929. The fraction of sp³-hybridized carbons (Fsp3) is 0.350. The number of benzene rings is 2. The maximum Gasteiger partial charge on any atom is 0.255 e. The molecule has 2 aromatic rings. The molecule has 0 fully saturated rings. The van der Waals surface area contributed by atoms with E-state index >= 15 is 0 Å². The Hall–Kier alpha value is -2.54. The molecule has 27 heavy (non-hydrogen) atoms. The monoisotopic (exact) mass is 388 g/mol. The first kappa shape index (κ1) is 19.2. The standard InChI is InChI=1S/C20H24N2O4S/c1-22(27(3,24)25)15-11-12-19(26-2)17(13-15)20(23)21-18-10-6-8-14-7-4-5-9-16(14)18/h4-5,7,9,11-13,18H,6,8,10H2,1-3H3,(H,21,23)/t18-/m1/s1. The van der Waals surface area contributed by atoms with Gasteiger partial charge in [0.2, 0.25) is 10.0 Å². The van der Waals surface area contributed by atoms with Crippen LogP contribution in [-0.4, -0.2) is 34.7 Å². The lowest BCUT2D eigenvalue weighted by Gasteiger charge is -2.27. The third kappa shape index (κ3) is 4.08. The third-order valence-corrected chi connectivity index (χ3v) is 6.17. The summed E-state index contributed by atoms with van der Waals surface area (Å²) < 4.78 is 30.1. The van der Waals surface area contributed by atoms with Crippen LogP contribution < -0.4 is 14.4 Å². The number of aryl methyl sites for hydroxylation is 1. The molecule has 0 saturated carbocycles. The molecule has 7 heteroatoms. The molecule has 0 aromatic heterocycles. The van der Waals surface area contributed by atoms with Crippen molar-refractivity contribution in [3.8, 4) is 5.75 Å². The first-order chi connectivity index (χ1) is 12.8. The van der Waals surface area contributed by atoms with Gasteiger partial charge in [-0.15, -0.1) is 0 Å². The Labute approximate surface area is 160 Å². The van der Waals surface area contributed by atoms with Gasteiger partial charge in [0.1, 0.15) is 5.75 Å². The molecule has 0 spiro atoms. The predicted octanol–water partition coefficient (Wildman–Crippen LogP) is 2.90. The molecule has 0 bridgehead atoms. The van der Waals surface area contributed by atoms with E-state index in [-0.39, 0.29) is 11.9 Å². The van der Waals surface area contributed by atoms with Gasteiger partial charge in [0.05, 0.1) is 30.7 Å². The highest BCUT2D eigenvalue weighted by Crippen LogP contribution is 2.31. The molecular formula is C20H24N2O4S. The van der Waals surface area contributed by atoms with E-state index in [1.54, 1.807) is 18.2 Å². The Kier molecular flexibility index (Phi) is 5.41. The fourth-order valence-corrected chi connectivity index (χ4v) is 3.90. The second-order valence-corrected chi connectivity index (χ2v) is 8.75. The molecule has 0 heterocycles. The predicted molar refractivity (Wildman–Crippen MR) is 106 cm³/mol. The molecule has 0 aliphatic heterocycles. The normalized spacial score (nSPS) is 16.3. The summed E-state index contributed by atoms with van der Waals surface area (Å²) in [6.07, 6.45) is 4.01. The highest BCUT2D eigenvalue weighted by atomic mass is 32.2. The van der Waals surface area contributed by atoms with Crippen LogP contribution in [0.3, 0.4) is 0 Å². The molecule has 1 N–H and O–H groups in total. The van der Waals surface area contributed by atoms with Gasteiger partial charge < -0.3 is 10.1 Å². The Morgan fingerprint density at radius 3 is 2.67 bits per heavy atom. The van der Waals surface area contributed by atoms with Gasteiger partial charge in [-0.1, -0.05) is 24.3 Å². The number of fused-ring (bicyclic) bond motifs is 1. The van der Waals surface area contributed by atoms with Gasteiger partial charge in [-0.3, -0.25) is 9.10 Å². The van der Waals surface area contributed by atoms with E-state index < -0.39 is 10.0 Å². The number of hydrogen-bond donors (Lipinski definition) is 1. The topological polar surface area (TPSA) is 75.7 Å². The Morgan fingerprint density at radius 1 is 1.22 bits per heavy atom. The fourth-order valence-electron chi connectivity index (χ4n) is 3.40. The van der Waals surface area contributed by atoms with Crippen molar-refractivity contribution >= 4 is 21.6 Å². The SMILES string of the molecule is COc1ccc(N(C)S(C)(=O)=O)cc1C(=O)N[C@@H]1CCCc2ccccc21. The van der Waals surface area contributed by atoms with E-state index in [9.17, 15) is 13.2 Å². The van der Waals surface area contributed by atoms with Crippen LogP contribution >= 0.6 is 0 Å². The van der Waals surface area contributed by atoms with Crippen LogP contribution in [0.25, 0.3) is 0 Å². The molecule has 144 valence electrons. The van der Waals surface area contributed by atoms with Gasteiger partial charge >= 0.3 is 0 Å². The van der Waals surface area contributed by atoms with E-state index in [2.05, 4.69) is 11.4 Å². The van der Waals surface area contributed by atoms with Gasteiger partial charge in [0.15, 0.2) is 0 Å².